The molecular weight excluding hydrogens is 452 g/mol. The lowest BCUT2D eigenvalue weighted by molar-refractivity contribution is -0.143. The molecule has 6 unspecified atom stereocenters. The van der Waals surface area contributed by atoms with Gasteiger partial charge >= 0.3 is 5.97 Å². The largest absolute Gasteiger partial charge is 0.480 e. The third-order valence-corrected chi connectivity index (χ3v) is 5.85. The number of rotatable bonds is 14. The lowest BCUT2D eigenvalue weighted by atomic mass is 9.97. The van der Waals surface area contributed by atoms with E-state index in [1.165, 1.54) is 6.92 Å². The number of carboxylic acid groups (broad SMARTS) is 1. The molecule has 7 N–H and O–H groups in total. The van der Waals surface area contributed by atoms with Gasteiger partial charge in [-0.3, -0.25) is 14.4 Å². The number of hydrogen-bond donors (Lipinski definition) is 6. The number of aliphatic hydroxyl groups is 1. The number of aliphatic carboxylic acids is 1. The second kappa shape index (κ2) is 14.4. The molecule has 0 aliphatic rings. The van der Waals surface area contributed by atoms with E-state index in [-0.39, 0.29) is 24.7 Å². The molecule has 196 valence electrons. The zero-order chi connectivity index (χ0) is 26.7. The van der Waals surface area contributed by atoms with Crippen molar-refractivity contribution < 1.29 is 29.4 Å². The number of nitrogens with one attached hydrogen (secondary N) is 3. The molecule has 0 aromatic heterocycles. The summed E-state index contributed by atoms with van der Waals surface area (Å²) in [5.41, 5.74) is 6.47. The van der Waals surface area contributed by atoms with Gasteiger partial charge in [-0.15, -0.1) is 0 Å². The lowest BCUT2D eigenvalue weighted by Crippen LogP contribution is -2.59. The molecule has 1 aromatic rings. The van der Waals surface area contributed by atoms with Crippen molar-refractivity contribution in [3.05, 3.63) is 35.9 Å². The minimum atomic E-state index is -1.22. The highest BCUT2D eigenvalue weighted by Gasteiger charge is 2.32. The molecule has 6 atom stereocenters. The van der Waals surface area contributed by atoms with Crippen molar-refractivity contribution in [3.63, 3.8) is 0 Å². The first-order valence-corrected chi connectivity index (χ1v) is 12.0. The van der Waals surface area contributed by atoms with E-state index >= 15 is 0 Å². The van der Waals surface area contributed by atoms with Crippen LogP contribution in [-0.4, -0.2) is 64.2 Å². The van der Waals surface area contributed by atoms with E-state index in [2.05, 4.69) is 16.0 Å². The van der Waals surface area contributed by atoms with E-state index in [1.54, 1.807) is 31.2 Å². The van der Waals surface area contributed by atoms with Crippen LogP contribution < -0.4 is 21.7 Å². The molecule has 1 rings (SSSR count). The van der Waals surface area contributed by atoms with E-state index in [4.69, 9.17) is 5.73 Å². The Bertz CT molecular complexity index is 846. The maximum atomic E-state index is 13.2. The summed E-state index contributed by atoms with van der Waals surface area (Å²) in [6.45, 7) is 8.67. The lowest BCUT2D eigenvalue weighted by Gasteiger charge is -2.27. The van der Waals surface area contributed by atoms with Crippen LogP contribution in [0.3, 0.4) is 0 Å². The third-order valence-electron chi connectivity index (χ3n) is 5.85. The molecule has 0 radical (unpaired) electrons. The van der Waals surface area contributed by atoms with Crippen LogP contribution in [0.25, 0.3) is 0 Å². The average molecular weight is 493 g/mol. The summed E-state index contributed by atoms with van der Waals surface area (Å²) in [5, 5.41) is 27.0. The number of amides is 3. The van der Waals surface area contributed by atoms with Gasteiger partial charge in [-0.25, -0.2) is 4.79 Å². The molecule has 0 heterocycles. The Morgan fingerprint density at radius 2 is 1.43 bits per heavy atom. The number of carbonyl (C=O) groups excluding carboxylic acids is 3. The monoisotopic (exact) mass is 492 g/mol. The van der Waals surface area contributed by atoms with Crippen molar-refractivity contribution in [2.75, 3.05) is 0 Å². The molecular formula is C25H40N4O6. The summed E-state index contributed by atoms with van der Waals surface area (Å²) in [6.07, 6.45) is -0.170. The fourth-order valence-electron chi connectivity index (χ4n) is 3.46. The number of carbonyl (C=O) groups is 4. The third kappa shape index (κ3) is 10.0. The maximum absolute atomic E-state index is 13.2. The first kappa shape index (κ1) is 30.1. The zero-order valence-electron chi connectivity index (χ0n) is 21.2. The standard InChI is InChI=1S/C25H40N4O6/c1-6-15(4)21(25(34)35)29-23(32)19(13-17-10-8-7-9-11-17)27-22(31)18(12-14(2)3)28-24(33)20(26)16(5)30/h7-11,14-16,18-21,30H,6,12-13,26H2,1-5H3,(H,27,31)(H,28,33)(H,29,32)(H,34,35). The van der Waals surface area contributed by atoms with Crippen LogP contribution in [-0.2, 0) is 25.6 Å². The highest BCUT2D eigenvalue weighted by molar-refractivity contribution is 5.94. The van der Waals surface area contributed by atoms with Gasteiger partial charge < -0.3 is 31.9 Å². The predicted octanol–water partition coefficient (Wildman–Crippen LogP) is 0.568. The Labute approximate surface area is 207 Å². The second-order valence-electron chi connectivity index (χ2n) is 9.42. The fourth-order valence-corrected chi connectivity index (χ4v) is 3.46. The van der Waals surface area contributed by atoms with Crippen LogP contribution in [0.4, 0.5) is 0 Å². The second-order valence-corrected chi connectivity index (χ2v) is 9.42. The van der Waals surface area contributed by atoms with Gasteiger partial charge in [-0.05, 0) is 30.7 Å². The van der Waals surface area contributed by atoms with Gasteiger partial charge in [0.25, 0.3) is 0 Å². The van der Waals surface area contributed by atoms with Gasteiger partial charge in [0.2, 0.25) is 17.7 Å². The molecule has 10 nitrogen and oxygen atoms in total. The number of aliphatic hydroxyl groups excluding tert-OH is 1. The van der Waals surface area contributed by atoms with Crippen molar-refractivity contribution in [3.8, 4) is 0 Å². The normalized spacial score (nSPS) is 16.3. The number of nitrogens with two attached hydrogens (primary N) is 1. The van der Waals surface area contributed by atoms with Crippen molar-refractivity contribution in [2.24, 2.45) is 17.6 Å². The molecule has 0 saturated carbocycles. The Morgan fingerprint density at radius 1 is 0.886 bits per heavy atom. The van der Waals surface area contributed by atoms with Gasteiger partial charge in [0.1, 0.15) is 24.2 Å². The minimum absolute atomic E-state index is 0.0250. The summed E-state index contributed by atoms with van der Waals surface area (Å²) < 4.78 is 0. The molecule has 0 aliphatic carbocycles. The van der Waals surface area contributed by atoms with Crippen LogP contribution in [0.15, 0.2) is 30.3 Å². The van der Waals surface area contributed by atoms with E-state index in [9.17, 15) is 29.4 Å². The summed E-state index contributed by atoms with van der Waals surface area (Å²) in [6, 6.07) is 4.60. The average Bonchev–Trinajstić information content (AvgIpc) is 2.80. The number of hydrogen-bond acceptors (Lipinski definition) is 6. The summed E-state index contributed by atoms with van der Waals surface area (Å²) in [4.78, 5) is 50.5. The number of carboxylic acids is 1. The van der Waals surface area contributed by atoms with Crippen LogP contribution in [0, 0.1) is 11.8 Å². The molecule has 0 aliphatic heterocycles. The fraction of sp³-hybridized carbons (Fsp3) is 0.600. The van der Waals surface area contributed by atoms with Gasteiger partial charge in [-0.1, -0.05) is 64.4 Å². The minimum Gasteiger partial charge on any atom is -0.480 e. The van der Waals surface area contributed by atoms with Gasteiger partial charge in [0, 0.05) is 6.42 Å². The summed E-state index contributed by atoms with van der Waals surface area (Å²) >= 11 is 0. The Kier molecular flexibility index (Phi) is 12.4. The highest BCUT2D eigenvalue weighted by Crippen LogP contribution is 2.11. The first-order chi connectivity index (χ1) is 16.4. The van der Waals surface area contributed by atoms with Crippen molar-refractivity contribution >= 4 is 23.7 Å². The van der Waals surface area contributed by atoms with Crippen LogP contribution in [0.1, 0.15) is 53.0 Å². The molecule has 0 fully saturated rings. The van der Waals surface area contributed by atoms with E-state index < -0.39 is 54.0 Å². The van der Waals surface area contributed by atoms with Gasteiger partial charge in [0.05, 0.1) is 6.10 Å². The van der Waals surface area contributed by atoms with Crippen molar-refractivity contribution in [1.29, 1.82) is 0 Å². The molecule has 3 amide bonds. The zero-order valence-corrected chi connectivity index (χ0v) is 21.2. The molecule has 10 heteroatoms. The van der Waals surface area contributed by atoms with E-state index in [0.29, 0.717) is 6.42 Å². The predicted molar refractivity (Wildman–Crippen MR) is 132 cm³/mol. The number of benzene rings is 1. The van der Waals surface area contributed by atoms with Gasteiger partial charge in [0.15, 0.2) is 0 Å². The smallest absolute Gasteiger partial charge is 0.326 e. The summed E-state index contributed by atoms with van der Waals surface area (Å²) in [5.74, 6) is -3.37. The van der Waals surface area contributed by atoms with E-state index in [0.717, 1.165) is 5.56 Å². The molecule has 0 spiro atoms. The van der Waals surface area contributed by atoms with E-state index in [1.807, 2.05) is 26.8 Å². The van der Waals surface area contributed by atoms with Crippen LogP contribution in [0.2, 0.25) is 0 Å². The Balaban J connectivity index is 3.15. The quantitative estimate of drug-likeness (QED) is 0.220. The Hall–Kier alpha value is -2.98. The van der Waals surface area contributed by atoms with Crippen LogP contribution in [0.5, 0.6) is 0 Å². The first-order valence-electron chi connectivity index (χ1n) is 12.0. The molecule has 35 heavy (non-hydrogen) atoms. The SMILES string of the molecule is CCC(C)C(NC(=O)C(Cc1ccccc1)NC(=O)C(CC(C)C)NC(=O)C(N)C(C)O)C(=O)O. The molecule has 1 aromatic carbocycles. The maximum Gasteiger partial charge on any atom is 0.326 e. The molecule has 0 saturated heterocycles. The molecule has 0 bridgehead atoms. The van der Waals surface area contributed by atoms with Gasteiger partial charge in [-0.2, -0.15) is 0 Å². The Morgan fingerprint density at radius 3 is 1.91 bits per heavy atom. The summed E-state index contributed by atoms with van der Waals surface area (Å²) in [7, 11) is 0. The van der Waals surface area contributed by atoms with Crippen molar-refractivity contribution in [1.82, 2.24) is 16.0 Å². The topological polar surface area (TPSA) is 171 Å². The van der Waals surface area contributed by atoms with Crippen molar-refractivity contribution in [2.45, 2.75) is 84.2 Å². The van der Waals surface area contributed by atoms with Crippen LogP contribution >= 0.6 is 0 Å². The highest BCUT2D eigenvalue weighted by atomic mass is 16.4.